The van der Waals surface area contributed by atoms with Gasteiger partial charge in [-0.15, -0.1) is 0 Å². The second-order valence-corrected chi connectivity index (χ2v) is 37.4. The first kappa shape index (κ1) is 110. The number of benzene rings is 4. The molecule has 4 aromatic carbocycles. The Morgan fingerprint density at radius 3 is 1.57 bits per heavy atom. The fraction of sp³-hybridized carbons (Fsp3) is 0.500. The average Bonchev–Trinajstić information content (AvgIpc) is 1.68. The lowest BCUT2D eigenvalue weighted by Gasteiger charge is -2.32. The van der Waals surface area contributed by atoms with Gasteiger partial charge in [-0.2, -0.15) is 0 Å². The second-order valence-electron chi connectivity index (χ2n) is 34.9. The summed E-state index contributed by atoms with van der Waals surface area (Å²) in [6.07, 6.45) is -1.99. The Morgan fingerprint density at radius 1 is 0.521 bits per heavy atom. The van der Waals surface area contributed by atoms with Crippen LogP contribution in [0.4, 0.5) is 0 Å². The number of carboxylic acids is 3. The van der Waals surface area contributed by atoms with E-state index in [4.69, 9.17) is 17.2 Å². The van der Waals surface area contributed by atoms with Crippen molar-refractivity contribution in [1.82, 2.24) is 98.3 Å². The molecule has 2 aromatic heterocycles. The quantitative estimate of drug-likeness (QED) is 0.00984. The third-order valence-corrected chi connectivity index (χ3v) is 26.7. The van der Waals surface area contributed by atoms with Gasteiger partial charge in [0.2, 0.25) is 94.5 Å². The summed E-state index contributed by atoms with van der Waals surface area (Å²) < 4.78 is 0. The van der Waals surface area contributed by atoms with Crippen molar-refractivity contribution in [3.63, 3.8) is 0 Å². The lowest BCUT2D eigenvalue weighted by molar-refractivity contribution is -0.142. The van der Waals surface area contributed by atoms with E-state index in [0.29, 0.717) is 78.2 Å². The van der Waals surface area contributed by atoms with Crippen LogP contribution in [0.2, 0.25) is 0 Å². The van der Waals surface area contributed by atoms with Crippen molar-refractivity contribution in [1.29, 1.82) is 0 Å². The van der Waals surface area contributed by atoms with Gasteiger partial charge in [0.05, 0.1) is 51.5 Å². The van der Waals surface area contributed by atoms with E-state index in [1.54, 1.807) is 130 Å². The molecule has 3 fully saturated rings. The number of amides is 16. The number of para-hydroxylation sites is 2. The number of aliphatic hydroxyl groups excluding tert-OH is 1. The first-order chi connectivity index (χ1) is 66.7. The van der Waals surface area contributed by atoms with Gasteiger partial charge in [-0.25, -0.2) is 0 Å². The number of aromatic nitrogens is 2. The number of rotatable bonds is 39. The van der Waals surface area contributed by atoms with Gasteiger partial charge in [-0.3, -0.25) is 111 Å². The van der Waals surface area contributed by atoms with Gasteiger partial charge in [-0.1, -0.05) is 121 Å². The number of hydrogen-bond acceptors (Lipinski definition) is 27. The number of H-pyrrole nitrogens is 2. The molecule has 9 rings (SSSR count). The molecule has 6 aromatic rings. The maximum atomic E-state index is 15.6. The summed E-state index contributed by atoms with van der Waals surface area (Å²) in [6, 6.07) is 4.33. The molecule has 3 aliphatic rings. The van der Waals surface area contributed by atoms with Gasteiger partial charge in [0.25, 0.3) is 0 Å². The van der Waals surface area contributed by atoms with E-state index in [1.165, 1.54) is 11.8 Å². The van der Waals surface area contributed by atoms with Gasteiger partial charge < -0.3 is 121 Å². The van der Waals surface area contributed by atoms with Crippen molar-refractivity contribution in [2.24, 2.45) is 23.1 Å². The number of fused-ring (bicyclic) bond motifs is 3. The van der Waals surface area contributed by atoms with Crippen molar-refractivity contribution in [3.05, 3.63) is 120 Å². The predicted octanol–water partition coefficient (Wildman–Crippen LogP) is -4.42. The second kappa shape index (κ2) is 54.0. The molecule has 0 saturated carbocycles. The molecule has 0 radical (unpaired) electrons. The highest BCUT2D eigenvalue weighted by molar-refractivity contribution is 8.76. The molecule has 758 valence electrons. The number of aldehydes is 1. The lowest BCUT2D eigenvalue weighted by atomic mass is 9.97. The Hall–Kier alpha value is -13.7. The number of aliphatic hydroxyl groups is 1. The van der Waals surface area contributed by atoms with Crippen LogP contribution in [-0.2, 0) is 115 Å². The zero-order chi connectivity index (χ0) is 102. The van der Waals surface area contributed by atoms with Gasteiger partial charge in [0, 0.05) is 137 Å². The number of aliphatic carboxylic acids is 3. The fourth-order valence-electron chi connectivity index (χ4n) is 16.6. The molecule has 14 atom stereocenters. The number of unbranched alkanes of at least 4 members (excludes halogenated alkanes) is 1. The molecule has 3 saturated heterocycles. The highest BCUT2D eigenvalue weighted by Crippen LogP contribution is 2.28. The molecule has 0 spiro atoms. The third-order valence-electron chi connectivity index (χ3n) is 24.2. The number of aromatic amines is 2. The van der Waals surface area contributed by atoms with Crippen LogP contribution in [0.3, 0.4) is 0 Å². The van der Waals surface area contributed by atoms with Gasteiger partial charge >= 0.3 is 17.9 Å². The molecular formula is C92H124N22O24S2. The van der Waals surface area contributed by atoms with Crippen LogP contribution in [-0.4, -0.2) is 355 Å². The van der Waals surface area contributed by atoms with Crippen LogP contribution < -0.4 is 81.0 Å². The number of carboxylic acid groups (broad SMARTS) is 3. The highest BCUT2D eigenvalue weighted by Gasteiger charge is 2.43. The number of nitrogens with two attached hydrogens (primary N) is 3. The lowest BCUT2D eigenvalue weighted by Crippen LogP contribution is -2.63. The largest absolute Gasteiger partial charge is 0.481 e. The summed E-state index contributed by atoms with van der Waals surface area (Å²) >= 11 is 0. The number of nitrogens with one attached hydrogen (secondary N) is 14. The summed E-state index contributed by atoms with van der Waals surface area (Å²) in [5.41, 5.74) is 20.1. The smallest absolute Gasteiger partial charge is 0.317 e. The SMILES string of the molecule is CC[C@@H](C)[C@H](NC(=O)[C@@H](NC(=O)[C@H](Cc1c[nH]c2ccccc12)NC(C)=O)[C@@H](C)O)C(=O)N[C@H]1CSSC[C@@H](C(=O)N[C@@H](Cc2c[nH]c3ccccc23)C(=O)N2CCC[C@H]2C(N)=O)NC(=O)[C@H](CC(=O)O)NC(=O)[C@H](CCCCNC(=O)CN2CCN(CC(=O)O)CCN(CC=O)CCN(CC(=O)O)CC2)NC(=O)[C@H](Cc2ccc3ccccc3c2)NC(=O)[C@H](CC(N)=O)NC(=O)[C@H](CC(N)=O)NC1=O. The zero-order valence-electron chi connectivity index (χ0n) is 78.0. The maximum absolute atomic E-state index is 15.6. The van der Waals surface area contributed by atoms with Gasteiger partial charge in [-0.05, 0) is 84.5 Å². The Bertz CT molecular complexity index is 5440. The summed E-state index contributed by atoms with van der Waals surface area (Å²) in [5.74, 6) is -23.8. The molecule has 0 unspecified atom stereocenters. The van der Waals surface area contributed by atoms with E-state index in [2.05, 4.69) is 73.8 Å². The summed E-state index contributed by atoms with van der Waals surface area (Å²) in [6.45, 7) is 5.80. The number of hydrogen-bond donors (Lipinski definition) is 21. The normalized spacial score (nSPS) is 21.2. The van der Waals surface area contributed by atoms with Crippen molar-refractivity contribution in [2.75, 3.05) is 103 Å². The minimum Gasteiger partial charge on any atom is -0.481 e. The molecule has 140 heavy (non-hydrogen) atoms. The van der Waals surface area contributed by atoms with Crippen LogP contribution in [0.1, 0.15) is 102 Å². The van der Waals surface area contributed by atoms with Gasteiger partial charge in [0.15, 0.2) is 0 Å². The van der Waals surface area contributed by atoms with Gasteiger partial charge in [0.1, 0.15) is 78.8 Å². The number of primary amides is 3. The van der Waals surface area contributed by atoms with E-state index in [9.17, 15) is 78.0 Å². The third kappa shape index (κ3) is 33.9. The van der Waals surface area contributed by atoms with Crippen molar-refractivity contribution in [3.8, 4) is 0 Å². The number of carbonyl (C=O) groups is 20. The van der Waals surface area contributed by atoms with Crippen molar-refractivity contribution in [2.45, 2.75) is 183 Å². The molecule has 5 heterocycles. The Morgan fingerprint density at radius 2 is 1.02 bits per heavy atom. The predicted molar refractivity (Wildman–Crippen MR) is 512 cm³/mol. The van der Waals surface area contributed by atoms with Crippen LogP contribution in [0.15, 0.2) is 103 Å². The van der Waals surface area contributed by atoms with E-state index >= 15 is 38.4 Å². The molecule has 3 aliphatic heterocycles. The first-order valence-electron chi connectivity index (χ1n) is 46.0. The standard InChI is InChI=1S/C92H124N22O24S2/c1-5-51(2)79(108-91(137)80(52(3)116)109-87(133)65(99-53(4)117)39-57-44-97-61-19-10-8-17-59(57)61)90(136)107-71-50-140-139-49-70(89(135)105-69(92(138)114-26-14-22-72(114)81(95)127)40-58-45-98-62-20-11-9-18-60(58)62)106-86(132)68(43-76(121)122)104-82(128)63(21-12-13-25-96-75(120)46-111-31-33-112(47-77(123)124)29-27-110(35-36-115)28-30-113(34-32-111)48-78(125)126)100-83(129)64(38-54-23-24-55-15-6-7-16-56(55)37-54)101-84(130)66(41-73(93)118)102-85(131)67(42-74(94)119)103-88(71)134/h6-11,15-20,23-24,36-37,44-45,51-52,63-72,79-80,97-98,116H,5,12-14,21-22,25-35,38-43,46-50H2,1-4H3,(H2,93,118)(H2,94,119)(H2,95,127)(H,96,120)(H,99,117)(H,100,129)(H,101,130)(H,102,131)(H,103,134)(H,104,128)(H,105,135)(H,106,132)(H,107,136)(H,108,137)(H,109,133)(H,121,122)(H,123,124)(H,125,126)/t51-,52-,63+,64+,65+,66+,67+,68+,69+,70+,71+,72+,79+,80+/m1/s1. The van der Waals surface area contributed by atoms with Crippen molar-refractivity contribution < 1.29 is 116 Å². The Balaban J connectivity index is 1.08. The highest BCUT2D eigenvalue weighted by atomic mass is 33.1. The van der Waals surface area contributed by atoms with Crippen LogP contribution in [0, 0.1) is 5.92 Å². The first-order valence-corrected chi connectivity index (χ1v) is 48.5. The van der Waals surface area contributed by atoms with E-state index in [-0.39, 0.29) is 130 Å². The van der Waals surface area contributed by atoms with Crippen LogP contribution in [0.25, 0.3) is 32.6 Å². The minimum absolute atomic E-state index is 0.00637. The fourth-order valence-corrected chi connectivity index (χ4v) is 18.9. The number of carbonyl (C=O) groups excluding carboxylic acids is 17. The van der Waals surface area contributed by atoms with E-state index < -0.39 is 241 Å². The van der Waals surface area contributed by atoms with Crippen molar-refractivity contribution >= 4 is 173 Å². The molecule has 0 aliphatic carbocycles. The molecule has 0 bridgehead atoms. The molecule has 46 nitrogen and oxygen atoms in total. The van der Waals surface area contributed by atoms with Crippen LogP contribution in [0.5, 0.6) is 0 Å². The monoisotopic (exact) mass is 1980 g/mol. The molecule has 48 heteroatoms. The Labute approximate surface area is 813 Å². The minimum atomic E-state index is -2.20. The summed E-state index contributed by atoms with van der Waals surface area (Å²) in [4.78, 5) is 296. The Kier molecular flexibility index (Phi) is 42.4. The number of nitrogens with zero attached hydrogens (tertiary/aromatic N) is 5. The number of likely N-dealkylation sites (tertiary alicyclic amines) is 1. The topological polar surface area (TPSA) is 693 Å². The molecule has 16 amide bonds. The van der Waals surface area contributed by atoms with Crippen LogP contribution >= 0.6 is 21.6 Å². The maximum Gasteiger partial charge on any atom is 0.317 e. The average molecular weight is 1990 g/mol. The molecular weight excluding hydrogens is 1860 g/mol. The molecule has 24 N–H and O–H groups in total. The zero-order valence-corrected chi connectivity index (χ0v) is 79.6. The van der Waals surface area contributed by atoms with E-state index in [1.807, 2.05) is 0 Å². The summed E-state index contributed by atoms with van der Waals surface area (Å²) in [7, 11) is 1.36. The summed E-state index contributed by atoms with van der Waals surface area (Å²) in [5, 5.41) is 74.6. The van der Waals surface area contributed by atoms with E-state index in [0.717, 1.165) is 19.2 Å².